The van der Waals surface area contributed by atoms with Gasteiger partial charge in [0.15, 0.2) is 0 Å². The van der Waals surface area contributed by atoms with Crippen LogP contribution in [0.5, 0.6) is 0 Å². The second-order valence-electron chi connectivity index (χ2n) is 7.09. The number of anilines is 1. The van der Waals surface area contributed by atoms with E-state index in [4.69, 9.17) is 17.3 Å². The van der Waals surface area contributed by atoms with Crippen LogP contribution >= 0.6 is 19.5 Å². The first kappa shape index (κ1) is 20.6. The molecule has 4 nitrogen and oxygen atoms in total. The molecular weight excluding hydrogens is 389 g/mol. The molecule has 0 saturated heterocycles. The largest absolute Gasteiger partial charge is 0.383 e. The van der Waals surface area contributed by atoms with E-state index < -0.39 is 7.92 Å². The highest BCUT2D eigenvalue weighted by Gasteiger charge is 2.15. The number of halogens is 1. The number of nitrogens with two attached hydrogens (primary N) is 1. The average Bonchev–Trinajstić information content (AvgIpc) is 2.66. The Morgan fingerprint density at radius 2 is 1.79 bits per heavy atom. The van der Waals surface area contributed by atoms with Crippen LogP contribution in [0.15, 0.2) is 53.6 Å². The van der Waals surface area contributed by atoms with E-state index >= 15 is 0 Å². The highest BCUT2D eigenvalue weighted by Crippen LogP contribution is 2.33. The molecule has 6 heteroatoms. The lowest BCUT2D eigenvalue weighted by atomic mass is 10.1. The molecule has 0 atom stereocenters. The molecule has 0 unspecified atom stereocenters. The molecule has 2 heterocycles. The van der Waals surface area contributed by atoms with E-state index in [9.17, 15) is 4.79 Å². The fraction of sp³-hybridized carbons (Fsp3) is 0.273. The van der Waals surface area contributed by atoms with Gasteiger partial charge in [-0.1, -0.05) is 57.1 Å². The summed E-state index contributed by atoms with van der Waals surface area (Å²) in [4.78, 5) is 17.0. The Morgan fingerprint density at radius 3 is 2.43 bits per heavy atom. The highest BCUT2D eigenvalue weighted by molar-refractivity contribution is 7.64. The van der Waals surface area contributed by atoms with Gasteiger partial charge in [-0.05, 0) is 47.8 Å². The summed E-state index contributed by atoms with van der Waals surface area (Å²) in [6.45, 7) is 7.05. The standard InChI is InChI=1S/C22H25ClN3OP/c1-4-5-15-6-8-16(9-7-15)13-26-14-20(28(2)3)18(11-21(26)27)19-10-17(23)12-25-22(19)24/h6-12,14H,4-5,13H2,1-3H3,(H2,24,25). The third-order valence-corrected chi connectivity index (χ3v) is 6.20. The molecule has 0 spiro atoms. The van der Waals surface area contributed by atoms with Crippen molar-refractivity contribution in [1.29, 1.82) is 0 Å². The van der Waals surface area contributed by atoms with Crippen LogP contribution in [-0.4, -0.2) is 22.9 Å². The second-order valence-corrected chi connectivity index (χ2v) is 9.79. The van der Waals surface area contributed by atoms with Crippen LogP contribution in [-0.2, 0) is 13.0 Å². The number of nitrogen functional groups attached to an aromatic ring is 1. The molecular formula is C22H25ClN3OP. The van der Waals surface area contributed by atoms with Crippen molar-refractivity contribution in [2.75, 3.05) is 19.1 Å². The van der Waals surface area contributed by atoms with Crippen molar-refractivity contribution in [1.82, 2.24) is 9.55 Å². The molecule has 0 aliphatic rings. The van der Waals surface area contributed by atoms with Crippen molar-refractivity contribution < 1.29 is 0 Å². The number of rotatable bonds is 6. The molecule has 2 N–H and O–H groups in total. The quantitative estimate of drug-likeness (QED) is 0.604. The van der Waals surface area contributed by atoms with Gasteiger partial charge in [-0.2, -0.15) is 0 Å². The Labute approximate surface area is 172 Å². The van der Waals surface area contributed by atoms with Crippen molar-refractivity contribution >= 4 is 30.6 Å². The van der Waals surface area contributed by atoms with Crippen molar-refractivity contribution in [3.63, 3.8) is 0 Å². The minimum absolute atomic E-state index is 0.0624. The number of hydrogen-bond acceptors (Lipinski definition) is 3. The molecule has 0 amide bonds. The number of nitrogens with zero attached hydrogens (tertiary/aromatic N) is 2. The van der Waals surface area contributed by atoms with E-state index in [2.05, 4.69) is 49.5 Å². The van der Waals surface area contributed by atoms with Gasteiger partial charge in [-0.15, -0.1) is 0 Å². The van der Waals surface area contributed by atoms with Gasteiger partial charge < -0.3 is 10.3 Å². The summed E-state index contributed by atoms with van der Waals surface area (Å²) in [6.07, 6.45) is 5.68. The molecule has 3 rings (SSSR count). The van der Waals surface area contributed by atoms with E-state index in [1.165, 1.54) is 11.8 Å². The third kappa shape index (κ3) is 4.63. The first-order chi connectivity index (χ1) is 13.4. The summed E-state index contributed by atoms with van der Waals surface area (Å²) < 4.78 is 1.77. The fourth-order valence-corrected chi connectivity index (χ4v) is 4.41. The van der Waals surface area contributed by atoms with Crippen LogP contribution in [0.1, 0.15) is 24.5 Å². The van der Waals surface area contributed by atoms with Gasteiger partial charge in [0.25, 0.3) is 5.56 Å². The zero-order valence-electron chi connectivity index (χ0n) is 16.4. The molecule has 3 aromatic rings. The maximum atomic E-state index is 12.8. The summed E-state index contributed by atoms with van der Waals surface area (Å²) in [7, 11) is -0.461. The maximum absolute atomic E-state index is 12.8. The summed E-state index contributed by atoms with van der Waals surface area (Å²) in [5.41, 5.74) is 9.98. The van der Waals surface area contributed by atoms with E-state index in [0.717, 1.165) is 29.3 Å². The zero-order chi connectivity index (χ0) is 20.3. The zero-order valence-corrected chi connectivity index (χ0v) is 18.1. The molecule has 0 aliphatic heterocycles. The first-order valence-electron chi connectivity index (χ1n) is 9.30. The van der Waals surface area contributed by atoms with Crippen molar-refractivity contribution in [2.24, 2.45) is 0 Å². The molecule has 0 radical (unpaired) electrons. The van der Waals surface area contributed by atoms with Crippen molar-refractivity contribution in [2.45, 2.75) is 26.3 Å². The number of hydrogen-bond donors (Lipinski definition) is 1. The lowest BCUT2D eigenvalue weighted by Crippen LogP contribution is -2.25. The van der Waals surface area contributed by atoms with Crippen LogP contribution in [0.2, 0.25) is 5.02 Å². The van der Waals surface area contributed by atoms with E-state index in [0.29, 0.717) is 22.9 Å². The molecule has 0 aliphatic carbocycles. The predicted molar refractivity (Wildman–Crippen MR) is 121 cm³/mol. The number of aryl methyl sites for hydroxylation is 1. The molecule has 0 bridgehead atoms. The Hall–Kier alpha value is -2.16. The molecule has 1 aromatic carbocycles. The lowest BCUT2D eigenvalue weighted by molar-refractivity contribution is 0.763. The Kier molecular flexibility index (Phi) is 6.53. The van der Waals surface area contributed by atoms with Crippen LogP contribution < -0.4 is 16.6 Å². The van der Waals surface area contributed by atoms with Crippen LogP contribution in [0.3, 0.4) is 0 Å². The topological polar surface area (TPSA) is 60.9 Å². The summed E-state index contributed by atoms with van der Waals surface area (Å²) in [6, 6.07) is 11.9. The Balaban J connectivity index is 2.01. The number of aromatic nitrogens is 2. The van der Waals surface area contributed by atoms with Gasteiger partial charge in [0.05, 0.1) is 11.6 Å². The predicted octanol–water partition coefficient (Wildman–Crippen LogP) is 4.51. The van der Waals surface area contributed by atoms with Crippen molar-refractivity contribution in [3.8, 4) is 11.1 Å². The minimum Gasteiger partial charge on any atom is -0.383 e. The van der Waals surface area contributed by atoms with Crippen LogP contribution in [0, 0.1) is 0 Å². The smallest absolute Gasteiger partial charge is 0.251 e. The van der Waals surface area contributed by atoms with Gasteiger partial charge >= 0.3 is 0 Å². The van der Waals surface area contributed by atoms with E-state index in [1.54, 1.807) is 16.7 Å². The Morgan fingerprint density at radius 1 is 1.11 bits per heavy atom. The van der Waals surface area contributed by atoms with Gasteiger partial charge in [0.1, 0.15) is 5.82 Å². The summed E-state index contributed by atoms with van der Waals surface area (Å²) >= 11 is 6.12. The summed E-state index contributed by atoms with van der Waals surface area (Å²) in [5, 5.41) is 1.61. The highest BCUT2D eigenvalue weighted by atomic mass is 35.5. The molecule has 28 heavy (non-hydrogen) atoms. The van der Waals surface area contributed by atoms with E-state index in [-0.39, 0.29) is 5.56 Å². The first-order valence-corrected chi connectivity index (χ1v) is 11.9. The van der Waals surface area contributed by atoms with Gasteiger partial charge in [-0.3, -0.25) is 4.79 Å². The SMILES string of the molecule is CCCc1ccc(Cn2cc(P(C)C)c(-c3cc(Cl)cnc3N)cc2=O)cc1. The molecule has 0 saturated carbocycles. The summed E-state index contributed by atoms with van der Waals surface area (Å²) in [5.74, 6) is 0.381. The van der Waals surface area contributed by atoms with Crippen LogP contribution in [0.4, 0.5) is 5.82 Å². The van der Waals surface area contributed by atoms with E-state index in [1.807, 2.05) is 6.20 Å². The maximum Gasteiger partial charge on any atom is 0.251 e. The Bertz CT molecular complexity index is 1030. The van der Waals surface area contributed by atoms with Gasteiger partial charge in [0.2, 0.25) is 0 Å². The molecule has 0 fully saturated rings. The molecule has 146 valence electrons. The lowest BCUT2D eigenvalue weighted by Gasteiger charge is -2.17. The molecule has 2 aromatic heterocycles. The normalized spacial score (nSPS) is 11.2. The third-order valence-electron chi connectivity index (χ3n) is 4.68. The van der Waals surface area contributed by atoms with Gasteiger partial charge in [-0.25, -0.2) is 4.98 Å². The fourth-order valence-electron chi connectivity index (χ4n) is 3.22. The second kappa shape index (κ2) is 8.89. The number of pyridine rings is 2. The monoisotopic (exact) mass is 413 g/mol. The van der Waals surface area contributed by atoms with Crippen LogP contribution in [0.25, 0.3) is 11.1 Å². The van der Waals surface area contributed by atoms with Gasteiger partial charge in [0, 0.05) is 24.0 Å². The van der Waals surface area contributed by atoms with Crippen molar-refractivity contribution in [3.05, 3.63) is 75.3 Å². The average molecular weight is 414 g/mol. The minimum atomic E-state index is -0.461. The number of benzene rings is 1.